The summed E-state index contributed by atoms with van der Waals surface area (Å²) in [6.07, 6.45) is 4.11. The molecule has 1 unspecified atom stereocenters. The Kier molecular flexibility index (Phi) is 4.52. The molecule has 2 aromatic rings. The van der Waals surface area contributed by atoms with E-state index < -0.39 is 0 Å². The van der Waals surface area contributed by atoms with Gasteiger partial charge in [0.25, 0.3) is 5.91 Å². The summed E-state index contributed by atoms with van der Waals surface area (Å²) >= 11 is 1.66. The van der Waals surface area contributed by atoms with Gasteiger partial charge in [0.15, 0.2) is 0 Å². The van der Waals surface area contributed by atoms with Crippen LogP contribution in [-0.4, -0.2) is 17.9 Å². The van der Waals surface area contributed by atoms with Crippen molar-refractivity contribution < 1.29 is 4.79 Å². The number of aromatic nitrogens is 1. The summed E-state index contributed by atoms with van der Waals surface area (Å²) in [5.74, 6) is -0.0994. The minimum absolute atomic E-state index is 0.0532. The molecule has 1 amide bonds. The summed E-state index contributed by atoms with van der Waals surface area (Å²) in [5, 5.41) is 8.08. The van der Waals surface area contributed by atoms with Crippen LogP contribution in [0.15, 0.2) is 36.0 Å². The van der Waals surface area contributed by atoms with Crippen LogP contribution in [0.3, 0.4) is 0 Å². The van der Waals surface area contributed by atoms with E-state index in [4.69, 9.17) is 0 Å². The fourth-order valence-electron chi connectivity index (χ4n) is 1.89. The highest BCUT2D eigenvalue weighted by Crippen LogP contribution is 2.23. The SMILES string of the molecule is CCC(NC(=O)c1cnccc1NC)c1cccs1. The predicted molar refractivity (Wildman–Crippen MR) is 78.6 cm³/mol. The van der Waals surface area contributed by atoms with E-state index in [0.29, 0.717) is 5.56 Å². The molecule has 2 aromatic heterocycles. The molecule has 0 spiro atoms. The number of anilines is 1. The van der Waals surface area contributed by atoms with Crippen LogP contribution in [0.25, 0.3) is 0 Å². The van der Waals surface area contributed by atoms with Crippen molar-refractivity contribution in [1.29, 1.82) is 0 Å². The van der Waals surface area contributed by atoms with Gasteiger partial charge < -0.3 is 10.6 Å². The Balaban J connectivity index is 2.16. The number of hydrogen-bond donors (Lipinski definition) is 2. The third-order valence-corrected chi connectivity index (χ3v) is 3.92. The Morgan fingerprint density at radius 3 is 2.95 bits per heavy atom. The molecule has 0 aromatic carbocycles. The van der Waals surface area contributed by atoms with Crippen LogP contribution in [-0.2, 0) is 0 Å². The van der Waals surface area contributed by atoms with E-state index in [1.807, 2.05) is 17.5 Å². The lowest BCUT2D eigenvalue weighted by atomic mass is 10.1. The molecule has 0 aliphatic heterocycles. The highest BCUT2D eigenvalue weighted by atomic mass is 32.1. The molecule has 0 aliphatic rings. The van der Waals surface area contributed by atoms with Crippen molar-refractivity contribution in [3.63, 3.8) is 0 Å². The summed E-state index contributed by atoms with van der Waals surface area (Å²) in [6, 6.07) is 5.89. The van der Waals surface area contributed by atoms with Gasteiger partial charge in [0.1, 0.15) is 0 Å². The third kappa shape index (κ3) is 3.12. The van der Waals surface area contributed by atoms with E-state index in [1.54, 1.807) is 36.8 Å². The molecular weight excluding hydrogens is 258 g/mol. The maximum atomic E-state index is 12.3. The number of nitrogens with zero attached hydrogens (tertiary/aromatic N) is 1. The average molecular weight is 275 g/mol. The lowest BCUT2D eigenvalue weighted by molar-refractivity contribution is 0.0936. The fraction of sp³-hybridized carbons (Fsp3) is 0.286. The first-order valence-corrected chi connectivity index (χ1v) is 7.10. The molecule has 100 valence electrons. The Hall–Kier alpha value is -1.88. The molecule has 0 fully saturated rings. The zero-order valence-corrected chi connectivity index (χ0v) is 11.8. The molecule has 0 radical (unpaired) electrons. The minimum atomic E-state index is -0.0994. The van der Waals surface area contributed by atoms with Crippen molar-refractivity contribution in [3.05, 3.63) is 46.4 Å². The lowest BCUT2D eigenvalue weighted by Gasteiger charge is -2.16. The topological polar surface area (TPSA) is 54.0 Å². The largest absolute Gasteiger partial charge is 0.387 e. The number of carbonyl (C=O) groups excluding carboxylic acids is 1. The molecule has 0 bridgehead atoms. The molecule has 2 heterocycles. The van der Waals surface area contributed by atoms with Gasteiger partial charge in [0.2, 0.25) is 0 Å². The molecule has 4 nitrogen and oxygen atoms in total. The van der Waals surface area contributed by atoms with E-state index >= 15 is 0 Å². The van der Waals surface area contributed by atoms with Crippen LogP contribution in [0, 0.1) is 0 Å². The number of nitrogens with one attached hydrogen (secondary N) is 2. The molecule has 19 heavy (non-hydrogen) atoms. The van der Waals surface area contributed by atoms with Crippen LogP contribution >= 0.6 is 11.3 Å². The first-order valence-electron chi connectivity index (χ1n) is 6.22. The highest BCUT2D eigenvalue weighted by Gasteiger charge is 2.17. The average Bonchev–Trinajstić information content (AvgIpc) is 2.98. The standard InChI is InChI=1S/C14H17N3OS/c1-3-11(13-5-4-8-19-13)17-14(18)10-9-16-7-6-12(10)15-2/h4-9,11H,3H2,1-2H3,(H,15,16)(H,17,18). The van der Waals surface area contributed by atoms with Crippen molar-refractivity contribution in [2.45, 2.75) is 19.4 Å². The van der Waals surface area contributed by atoms with E-state index in [9.17, 15) is 4.79 Å². The van der Waals surface area contributed by atoms with Crippen molar-refractivity contribution >= 4 is 22.9 Å². The van der Waals surface area contributed by atoms with E-state index in [2.05, 4.69) is 22.5 Å². The first kappa shape index (κ1) is 13.5. The smallest absolute Gasteiger partial charge is 0.255 e. The second-order valence-corrected chi connectivity index (χ2v) is 5.10. The van der Waals surface area contributed by atoms with Gasteiger partial charge in [-0.1, -0.05) is 13.0 Å². The number of pyridine rings is 1. The van der Waals surface area contributed by atoms with Crippen LogP contribution < -0.4 is 10.6 Å². The van der Waals surface area contributed by atoms with Crippen LogP contribution in [0.2, 0.25) is 0 Å². The molecule has 5 heteroatoms. The molecule has 0 saturated carbocycles. The Morgan fingerprint density at radius 1 is 1.47 bits per heavy atom. The van der Waals surface area contributed by atoms with Gasteiger partial charge in [-0.05, 0) is 23.9 Å². The predicted octanol–water partition coefficient (Wildman–Crippen LogP) is 3.07. The fourth-order valence-corrected chi connectivity index (χ4v) is 2.75. The maximum Gasteiger partial charge on any atom is 0.255 e. The van der Waals surface area contributed by atoms with Gasteiger partial charge in [-0.2, -0.15) is 0 Å². The van der Waals surface area contributed by atoms with Crippen molar-refractivity contribution in [3.8, 4) is 0 Å². The summed E-state index contributed by atoms with van der Waals surface area (Å²) in [6.45, 7) is 2.06. The van der Waals surface area contributed by atoms with Crippen LogP contribution in [0.5, 0.6) is 0 Å². The second-order valence-electron chi connectivity index (χ2n) is 4.12. The summed E-state index contributed by atoms with van der Waals surface area (Å²) in [7, 11) is 1.79. The van der Waals surface area contributed by atoms with Gasteiger partial charge in [0, 0.05) is 30.0 Å². The Bertz CT molecular complexity index is 539. The summed E-state index contributed by atoms with van der Waals surface area (Å²) < 4.78 is 0. The highest BCUT2D eigenvalue weighted by molar-refractivity contribution is 7.10. The monoisotopic (exact) mass is 275 g/mol. The Morgan fingerprint density at radius 2 is 2.32 bits per heavy atom. The van der Waals surface area contributed by atoms with E-state index in [1.165, 1.54) is 4.88 Å². The number of carbonyl (C=O) groups is 1. The van der Waals surface area contributed by atoms with Gasteiger partial charge in [-0.15, -0.1) is 11.3 Å². The molecule has 0 aliphatic carbocycles. The third-order valence-electron chi connectivity index (χ3n) is 2.94. The summed E-state index contributed by atoms with van der Waals surface area (Å²) in [4.78, 5) is 17.5. The van der Waals surface area contributed by atoms with Crippen molar-refractivity contribution in [1.82, 2.24) is 10.3 Å². The lowest BCUT2D eigenvalue weighted by Crippen LogP contribution is -2.28. The molecular formula is C14H17N3OS. The molecule has 0 saturated heterocycles. The second kappa shape index (κ2) is 6.33. The van der Waals surface area contributed by atoms with Gasteiger partial charge >= 0.3 is 0 Å². The molecule has 1 atom stereocenters. The van der Waals surface area contributed by atoms with Crippen molar-refractivity contribution in [2.24, 2.45) is 0 Å². The zero-order chi connectivity index (χ0) is 13.7. The summed E-state index contributed by atoms with van der Waals surface area (Å²) in [5.41, 5.74) is 1.36. The number of amides is 1. The van der Waals surface area contributed by atoms with Gasteiger partial charge in [-0.25, -0.2) is 0 Å². The minimum Gasteiger partial charge on any atom is -0.387 e. The molecule has 2 N–H and O–H groups in total. The maximum absolute atomic E-state index is 12.3. The number of thiophene rings is 1. The van der Waals surface area contributed by atoms with Crippen LogP contribution in [0.1, 0.15) is 34.6 Å². The van der Waals surface area contributed by atoms with E-state index in [-0.39, 0.29) is 11.9 Å². The first-order chi connectivity index (χ1) is 9.26. The number of rotatable bonds is 5. The zero-order valence-electron chi connectivity index (χ0n) is 11.0. The van der Waals surface area contributed by atoms with Crippen molar-refractivity contribution in [2.75, 3.05) is 12.4 Å². The quantitative estimate of drug-likeness (QED) is 0.881. The van der Waals surface area contributed by atoms with E-state index in [0.717, 1.165) is 12.1 Å². The van der Waals surface area contributed by atoms with Crippen LogP contribution in [0.4, 0.5) is 5.69 Å². The Labute approximate surface area is 116 Å². The normalized spacial score (nSPS) is 11.9. The van der Waals surface area contributed by atoms with Gasteiger partial charge in [-0.3, -0.25) is 9.78 Å². The number of hydrogen-bond acceptors (Lipinski definition) is 4. The van der Waals surface area contributed by atoms with Gasteiger partial charge in [0.05, 0.1) is 11.6 Å². The molecule has 2 rings (SSSR count).